The second kappa shape index (κ2) is 9.08. The van der Waals surface area contributed by atoms with Gasteiger partial charge in [-0.05, 0) is 31.1 Å². The van der Waals surface area contributed by atoms with E-state index < -0.39 is 0 Å². The van der Waals surface area contributed by atoms with E-state index in [0.29, 0.717) is 11.5 Å². The van der Waals surface area contributed by atoms with E-state index in [0.717, 1.165) is 32.1 Å². The molecule has 1 aliphatic heterocycles. The number of hydrogen-bond acceptors (Lipinski definition) is 2. The van der Waals surface area contributed by atoms with Crippen LogP contribution in [0.5, 0.6) is 0 Å². The summed E-state index contributed by atoms with van der Waals surface area (Å²) >= 11 is 0. The lowest BCUT2D eigenvalue weighted by Gasteiger charge is -2.32. The van der Waals surface area contributed by atoms with Gasteiger partial charge >= 0.3 is 0 Å². The summed E-state index contributed by atoms with van der Waals surface area (Å²) in [5.41, 5.74) is 0.413. The van der Waals surface area contributed by atoms with Crippen LogP contribution in [0.2, 0.25) is 0 Å². The average molecular weight is 294 g/mol. The number of hydrogen-bond donors (Lipinski definition) is 2. The van der Waals surface area contributed by atoms with Crippen LogP contribution in [0.3, 0.4) is 0 Å². The van der Waals surface area contributed by atoms with E-state index in [-0.39, 0.29) is 0 Å². The van der Waals surface area contributed by atoms with Crippen LogP contribution in [0, 0.1) is 5.41 Å². The molecule has 4 nitrogen and oxygen atoms in total. The predicted molar refractivity (Wildman–Crippen MR) is 92.8 cm³/mol. The van der Waals surface area contributed by atoms with Gasteiger partial charge in [-0.2, -0.15) is 0 Å². The summed E-state index contributed by atoms with van der Waals surface area (Å²) in [5.74, 6) is 0.950. The Morgan fingerprint density at radius 1 is 1.33 bits per heavy atom. The van der Waals surface area contributed by atoms with Crippen LogP contribution in [0.4, 0.5) is 0 Å². The van der Waals surface area contributed by atoms with Gasteiger partial charge in [0, 0.05) is 39.3 Å². The van der Waals surface area contributed by atoms with Gasteiger partial charge in [-0.15, -0.1) is 6.58 Å². The predicted octanol–water partition coefficient (Wildman–Crippen LogP) is 2.63. The highest BCUT2D eigenvalue weighted by atomic mass is 15.2. The summed E-state index contributed by atoms with van der Waals surface area (Å²) in [6.07, 6.45) is 6.76. The van der Waals surface area contributed by atoms with Crippen molar-refractivity contribution in [1.82, 2.24) is 15.5 Å². The first-order valence-electron chi connectivity index (χ1n) is 8.25. The molecule has 0 radical (unpaired) electrons. The summed E-state index contributed by atoms with van der Waals surface area (Å²) in [6.45, 7) is 15.0. The zero-order valence-corrected chi connectivity index (χ0v) is 14.4. The van der Waals surface area contributed by atoms with E-state index >= 15 is 0 Å². The lowest BCUT2D eigenvalue weighted by atomic mass is 9.91. The molecule has 1 heterocycles. The molecule has 0 aromatic heterocycles. The zero-order chi connectivity index (χ0) is 15.7. The van der Waals surface area contributed by atoms with Gasteiger partial charge < -0.3 is 10.6 Å². The van der Waals surface area contributed by atoms with E-state index in [4.69, 9.17) is 0 Å². The maximum atomic E-state index is 4.34. The molecule has 0 atom stereocenters. The lowest BCUT2D eigenvalue weighted by molar-refractivity contribution is 0.225. The summed E-state index contributed by atoms with van der Waals surface area (Å²) in [4.78, 5) is 6.79. The maximum Gasteiger partial charge on any atom is 0.191 e. The number of nitrogens with zero attached hydrogens (tertiary/aromatic N) is 2. The highest BCUT2D eigenvalue weighted by molar-refractivity contribution is 5.79. The van der Waals surface area contributed by atoms with Crippen molar-refractivity contribution < 1.29 is 0 Å². The third-order valence-electron chi connectivity index (χ3n) is 3.94. The van der Waals surface area contributed by atoms with E-state index in [2.05, 4.69) is 47.9 Å². The Kier molecular flexibility index (Phi) is 7.79. The number of nitrogens with one attached hydrogen (secondary N) is 2. The zero-order valence-electron chi connectivity index (χ0n) is 14.4. The Bertz CT molecular complexity index is 322. The van der Waals surface area contributed by atoms with Gasteiger partial charge in [0.25, 0.3) is 0 Å². The molecule has 0 bridgehead atoms. The van der Waals surface area contributed by atoms with Crippen molar-refractivity contribution in [3.05, 3.63) is 12.7 Å². The topological polar surface area (TPSA) is 39.7 Å². The van der Waals surface area contributed by atoms with Crippen molar-refractivity contribution in [1.29, 1.82) is 0 Å². The molecular formula is C17H34N4. The quantitative estimate of drug-likeness (QED) is 0.342. The lowest BCUT2D eigenvalue weighted by Crippen LogP contribution is -2.48. The molecule has 122 valence electrons. The fraction of sp³-hybridized carbons (Fsp3) is 0.824. The first-order chi connectivity index (χ1) is 9.94. The van der Waals surface area contributed by atoms with Crippen LogP contribution in [0.15, 0.2) is 17.6 Å². The van der Waals surface area contributed by atoms with Crippen LogP contribution >= 0.6 is 0 Å². The van der Waals surface area contributed by atoms with Crippen molar-refractivity contribution in [3.8, 4) is 0 Å². The van der Waals surface area contributed by atoms with E-state index in [9.17, 15) is 0 Å². The summed E-state index contributed by atoms with van der Waals surface area (Å²) < 4.78 is 0. The Morgan fingerprint density at radius 3 is 2.52 bits per heavy atom. The summed E-state index contributed by atoms with van der Waals surface area (Å²) in [7, 11) is 1.85. The minimum atomic E-state index is 0.413. The SMILES string of the molecule is C=CCN1CCC(NC(=NC)NCCCC(C)(C)C)CC1. The van der Waals surface area contributed by atoms with E-state index in [1.165, 1.54) is 25.7 Å². The van der Waals surface area contributed by atoms with Crippen molar-refractivity contribution in [2.45, 2.75) is 52.5 Å². The minimum Gasteiger partial charge on any atom is -0.356 e. The van der Waals surface area contributed by atoms with Gasteiger partial charge in [-0.25, -0.2) is 0 Å². The average Bonchev–Trinajstić information content (AvgIpc) is 2.43. The molecule has 21 heavy (non-hydrogen) atoms. The standard InChI is InChI=1S/C17H34N4/c1-6-12-21-13-8-15(9-14-21)20-16(18-5)19-11-7-10-17(2,3)4/h6,15H,1,7-14H2,2-5H3,(H2,18,19,20). The monoisotopic (exact) mass is 294 g/mol. The van der Waals surface area contributed by atoms with E-state index in [1.54, 1.807) is 0 Å². The molecule has 1 rings (SSSR count). The molecule has 0 unspecified atom stereocenters. The molecule has 0 aliphatic carbocycles. The number of rotatable bonds is 6. The normalized spacial score (nSPS) is 18.6. The number of piperidine rings is 1. The summed E-state index contributed by atoms with van der Waals surface area (Å²) in [6, 6.07) is 0.542. The minimum absolute atomic E-state index is 0.413. The Hall–Kier alpha value is -1.03. The van der Waals surface area contributed by atoms with Crippen LogP contribution in [0.1, 0.15) is 46.5 Å². The van der Waals surface area contributed by atoms with Crippen molar-refractivity contribution in [3.63, 3.8) is 0 Å². The number of guanidine groups is 1. The fourth-order valence-electron chi connectivity index (χ4n) is 2.66. The second-order valence-electron chi connectivity index (χ2n) is 7.17. The van der Waals surface area contributed by atoms with Crippen molar-refractivity contribution >= 4 is 5.96 Å². The summed E-state index contributed by atoms with van der Waals surface area (Å²) in [5, 5.41) is 6.99. The van der Waals surface area contributed by atoms with Crippen LogP contribution in [-0.2, 0) is 0 Å². The molecule has 4 heteroatoms. The van der Waals surface area contributed by atoms with E-state index in [1.807, 2.05) is 13.1 Å². The van der Waals surface area contributed by atoms with Gasteiger partial charge in [0.1, 0.15) is 0 Å². The number of likely N-dealkylation sites (tertiary alicyclic amines) is 1. The molecule has 0 amide bonds. The maximum absolute atomic E-state index is 4.34. The van der Waals surface area contributed by atoms with Crippen LogP contribution < -0.4 is 10.6 Å². The molecule has 0 aromatic rings. The molecule has 1 fully saturated rings. The number of aliphatic imine (C=N–C) groups is 1. The Labute approximate surface area is 131 Å². The van der Waals surface area contributed by atoms with Gasteiger partial charge in [-0.3, -0.25) is 9.89 Å². The van der Waals surface area contributed by atoms with Gasteiger partial charge in [0.15, 0.2) is 5.96 Å². The Balaban J connectivity index is 2.21. The van der Waals surface area contributed by atoms with Crippen LogP contribution in [-0.4, -0.2) is 50.1 Å². The highest BCUT2D eigenvalue weighted by Gasteiger charge is 2.19. The molecule has 1 aliphatic rings. The second-order valence-corrected chi connectivity index (χ2v) is 7.17. The van der Waals surface area contributed by atoms with Gasteiger partial charge in [0.05, 0.1) is 0 Å². The Morgan fingerprint density at radius 2 is 2.00 bits per heavy atom. The largest absolute Gasteiger partial charge is 0.356 e. The third kappa shape index (κ3) is 8.10. The first-order valence-corrected chi connectivity index (χ1v) is 8.25. The molecule has 1 saturated heterocycles. The smallest absolute Gasteiger partial charge is 0.191 e. The highest BCUT2D eigenvalue weighted by Crippen LogP contribution is 2.19. The fourth-order valence-corrected chi connectivity index (χ4v) is 2.66. The van der Waals surface area contributed by atoms with Gasteiger partial charge in [-0.1, -0.05) is 26.8 Å². The van der Waals surface area contributed by atoms with Crippen molar-refractivity contribution in [2.75, 3.05) is 33.2 Å². The first kappa shape index (κ1) is 18.0. The molecular weight excluding hydrogens is 260 g/mol. The molecule has 0 saturated carbocycles. The third-order valence-corrected chi connectivity index (χ3v) is 3.94. The molecule has 0 aromatic carbocycles. The molecule has 2 N–H and O–H groups in total. The van der Waals surface area contributed by atoms with Gasteiger partial charge in [0.2, 0.25) is 0 Å². The molecule has 0 spiro atoms. The van der Waals surface area contributed by atoms with Crippen molar-refractivity contribution in [2.24, 2.45) is 10.4 Å². The van der Waals surface area contributed by atoms with Crippen LogP contribution in [0.25, 0.3) is 0 Å².